The van der Waals surface area contributed by atoms with Crippen molar-refractivity contribution in [3.63, 3.8) is 0 Å². The fraction of sp³-hybridized carbons (Fsp3) is 0.320. The summed E-state index contributed by atoms with van der Waals surface area (Å²) >= 11 is 0. The SMILES string of the molecule is COc1cc2c(cc1OC)C(C[C@H](c1ccccc1[N+](=O)[O-])c1c(O)n(C)c(=O)n(C)c1=O)=NCC2. The molecule has 0 bridgehead atoms. The Hall–Kier alpha value is -4.41. The highest BCUT2D eigenvalue weighted by Gasteiger charge is 2.32. The maximum atomic E-state index is 13.3. The molecule has 2 heterocycles. The fourth-order valence-corrected chi connectivity index (χ4v) is 4.64. The van der Waals surface area contributed by atoms with Gasteiger partial charge in [0.05, 0.1) is 24.7 Å². The van der Waals surface area contributed by atoms with Crippen LogP contribution in [0.2, 0.25) is 0 Å². The highest BCUT2D eigenvalue weighted by molar-refractivity contribution is 6.04. The van der Waals surface area contributed by atoms with Gasteiger partial charge in [-0.05, 0) is 24.1 Å². The number of nitro groups is 1. The number of hydrogen-bond donors (Lipinski definition) is 1. The van der Waals surface area contributed by atoms with Crippen LogP contribution in [0.5, 0.6) is 17.4 Å². The summed E-state index contributed by atoms with van der Waals surface area (Å²) in [5, 5.41) is 22.8. The molecule has 1 aliphatic heterocycles. The smallest absolute Gasteiger partial charge is 0.333 e. The van der Waals surface area contributed by atoms with Gasteiger partial charge in [0.1, 0.15) is 0 Å². The Bertz CT molecular complexity index is 1500. The third kappa shape index (κ3) is 4.12. The van der Waals surface area contributed by atoms with Crippen molar-refractivity contribution in [3.05, 3.63) is 89.6 Å². The number of benzene rings is 2. The normalized spacial score (nSPS) is 13.5. The number of para-hydroxylation sites is 1. The van der Waals surface area contributed by atoms with Gasteiger partial charge < -0.3 is 14.6 Å². The van der Waals surface area contributed by atoms with Crippen molar-refractivity contribution in [1.82, 2.24) is 9.13 Å². The number of nitrogens with zero attached hydrogens (tertiary/aromatic N) is 4. The van der Waals surface area contributed by atoms with Crippen LogP contribution in [0.3, 0.4) is 0 Å². The van der Waals surface area contributed by atoms with E-state index in [1.165, 1.54) is 33.3 Å². The van der Waals surface area contributed by atoms with Crippen molar-refractivity contribution in [3.8, 4) is 17.4 Å². The third-order valence-corrected chi connectivity index (χ3v) is 6.53. The topological polar surface area (TPSA) is 138 Å². The van der Waals surface area contributed by atoms with Gasteiger partial charge in [-0.25, -0.2) is 4.79 Å². The molecule has 0 amide bonds. The van der Waals surface area contributed by atoms with E-state index >= 15 is 0 Å². The number of aromatic hydroxyl groups is 1. The van der Waals surface area contributed by atoms with Crippen molar-refractivity contribution in [2.75, 3.05) is 20.8 Å². The summed E-state index contributed by atoms with van der Waals surface area (Å²) in [5.41, 5.74) is 0.771. The second-order valence-electron chi connectivity index (χ2n) is 8.46. The largest absolute Gasteiger partial charge is 0.494 e. The van der Waals surface area contributed by atoms with E-state index in [0.29, 0.717) is 30.2 Å². The molecule has 36 heavy (non-hydrogen) atoms. The lowest BCUT2D eigenvalue weighted by Gasteiger charge is -2.24. The number of hydrogen-bond acceptors (Lipinski definition) is 8. The van der Waals surface area contributed by atoms with Gasteiger partial charge in [-0.2, -0.15) is 0 Å². The maximum Gasteiger partial charge on any atom is 0.333 e. The van der Waals surface area contributed by atoms with Gasteiger partial charge in [0.25, 0.3) is 11.2 Å². The minimum absolute atomic E-state index is 0.0638. The second kappa shape index (κ2) is 9.68. The highest BCUT2D eigenvalue weighted by atomic mass is 16.6. The molecular weight excluding hydrogens is 468 g/mol. The molecule has 1 atom stereocenters. The Morgan fingerprint density at radius 2 is 1.78 bits per heavy atom. The summed E-state index contributed by atoms with van der Waals surface area (Å²) in [6.45, 7) is 0.471. The van der Waals surface area contributed by atoms with Crippen LogP contribution in [0.15, 0.2) is 51.0 Å². The molecule has 3 aromatic rings. The molecule has 0 spiro atoms. The van der Waals surface area contributed by atoms with E-state index in [1.54, 1.807) is 25.3 Å². The molecular formula is C25H26N4O7. The number of aliphatic imine (C=N–C) groups is 1. The quantitative estimate of drug-likeness (QED) is 0.393. The molecule has 0 radical (unpaired) electrons. The Morgan fingerprint density at radius 1 is 1.11 bits per heavy atom. The summed E-state index contributed by atoms with van der Waals surface area (Å²) < 4.78 is 12.7. The fourth-order valence-electron chi connectivity index (χ4n) is 4.64. The predicted octanol–water partition coefficient (Wildman–Crippen LogP) is 2.28. The van der Waals surface area contributed by atoms with E-state index in [-0.39, 0.29) is 23.2 Å². The first-order chi connectivity index (χ1) is 17.2. The average molecular weight is 495 g/mol. The molecule has 0 unspecified atom stereocenters. The third-order valence-electron chi connectivity index (χ3n) is 6.53. The maximum absolute atomic E-state index is 13.3. The zero-order chi connectivity index (χ0) is 26.1. The molecule has 2 aromatic carbocycles. The lowest BCUT2D eigenvalue weighted by Crippen LogP contribution is -2.40. The molecule has 1 aromatic heterocycles. The molecule has 11 heteroatoms. The van der Waals surface area contributed by atoms with E-state index in [2.05, 4.69) is 4.99 Å². The standard InChI is InChI=1S/C25H26N4O7/c1-27-23(30)22(24(31)28(2)25(27)32)17(15-7-5-6-8-19(15)29(33)34)12-18-16-13-21(36-4)20(35-3)11-14(16)9-10-26-18/h5-8,11,13,17,30H,9-10,12H2,1-4H3/t17-/m1/s1. The number of aromatic nitrogens is 2. The van der Waals surface area contributed by atoms with Crippen LogP contribution in [0.1, 0.15) is 34.6 Å². The van der Waals surface area contributed by atoms with E-state index < -0.39 is 28.0 Å². The predicted molar refractivity (Wildman–Crippen MR) is 133 cm³/mol. The number of rotatable bonds is 7. The minimum Gasteiger partial charge on any atom is -0.494 e. The van der Waals surface area contributed by atoms with E-state index in [9.17, 15) is 24.8 Å². The Morgan fingerprint density at radius 3 is 2.44 bits per heavy atom. The molecule has 0 saturated carbocycles. The van der Waals surface area contributed by atoms with Gasteiger partial charge in [-0.15, -0.1) is 0 Å². The number of ether oxygens (including phenoxy) is 2. The Labute approximate surface area is 206 Å². The molecule has 1 N–H and O–H groups in total. The summed E-state index contributed by atoms with van der Waals surface area (Å²) in [6, 6.07) is 9.71. The van der Waals surface area contributed by atoms with Crippen LogP contribution in [0.4, 0.5) is 5.69 Å². The van der Waals surface area contributed by atoms with Gasteiger partial charge in [0.2, 0.25) is 5.88 Å². The first kappa shape index (κ1) is 24.7. The zero-order valence-corrected chi connectivity index (χ0v) is 20.3. The van der Waals surface area contributed by atoms with Crippen LogP contribution in [0, 0.1) is 10.1 Å². The van der Waals surface area contributed by atoms with E-state index in [4.69, 9.17) is 9.47 Å². The molecule has 11 nitrogen and oxygen atoms in total. The number of methoxy groups -OCH3 is 2. The second-order valence-corrected chi connectivity index (χ2v) is 8.46. The summed E-state index contributed by atoms with van der Waals surface area (Å²) in [4.78, 5) is 41.7. The van der Waals surface area contributed by atoms with Crippen LogP contribution in [0.25, 0.3) is 0 Å². The lowest BCUT2D eigenvalue weighted by molar-refractivity contribution is -0.385. The van der Waals surface area contributed by atoms with Gasteiger partial charge in [-0.1, -0.05) is 18.2 Å². The monoisotopic (exact) mass is 494 g/mol. The van der Waals surface area contributed by atoms with Crippen molar-refractivity contribution < 1.29 is 19.5 Å². The minimum atomic E-state index is -0.963. The zero-order valence-electron chi connectivity index (χ0n) is 20.3. The Kier molecular flexibility index (Phi) is 6.65. The van der Waals surface area contributed by atoms with Crippen molar-refractivity contribution in [1.29, 1.82) is 0 Å². The number of nitro benzene ring substituents is 1. The summed E-state index contributed by atoms with van der Waals surface area (Å²) in [6.07, 6.45) is 0.719. The van der Waals surface area contributed by atoms with Crippen molar-refractivity contribution >= 4 is 11.4 Å². The highest BCUT2D eigenvalue weighted by Crippen LogP contribution is 2.39. The van der Waals surface area contributed by atoms with Crippen molar-refractivity contribution in [2.24, 2.45) is 19.1 Å². The van der Waals surface area contributed by atoms with Gasteiger partial charge in [-0.3, -0.25) is 29.0 Å². The van der Waals surface area contributed by atoms with E-state index in [0.717, 1.165) is 20.3 Å². The van der Waals surface area contributed by atoms with Crippen LogP contribution >= 0.6 is 0 Å². The molecule has 4 rings (SSSR count). The molecule has 1 aliphatic rings. The number of fused-ring (bicyclic) bond motifs is 1. The van der Waals surface area contributed by atoms with Gasteiger partial charge in [0, 0.05) is 55.9 Å². The van der Waals surface area contributed by atoms with Gasteiger partial charge >= 0.3 is 5.69 Å². The van der Waals surface area contributed by atoms with Crippen molar-refractivity contribution in [2.45, 2.75) is 18.8 Å². The first-order valence-electron chi connectivity index (χ1n) is 11.2. The molecule has 0 aliphatic carbocycles. The van der Waals surface area contributed by atoms with Gasteiger partial charge in [0.15, 0.2) is 11.5 Å². The van der Waals surface area contributed by atoms with Crippen LogP contribution in [-0.4, -0.2) is 45.6 Å². The lowest BCUT2D eigenvalue weighted by atomic mass is 9.83. The van der Waals surface area contributed by atoms with Crippen LogP contribution < -0.4 is 20.7 Å². The molecule has 0 saturated heterocycles. The summed E-state index contributed by atoms with van der Waals surface area (Å²) in [5.74, 6) is -0.448. The molecule has 188 valence electrons. The average Bonchev–Trinajstić information content (AvgIpc) is 2.89. The first-order valence-corrected chi connectivity index (χ1v) is 11.2. The summed E-state index contributed by atoms with van der Waals surface area (Å²) in [7, 11) is 5.70. The Balaban J connectivity index is 1.96. The molecule has 0 fully saturated rings. The van der Waals surface area contributed by atoms with Crippen LogP contribution in [-0.2, 0) is 20.5 Å². The van der Waals surface area contributed by atoms with E-state index in [1.807, 2.05) is 6.07 Å².